The van der Waals surface area contributed by atoms with Crippen LogP contribution in [0.1, 0.15) is 0 Å². The second-order valence-electron chi connectivity index (χ2n) is 5.68. The van der Waals surface area contributed by atoms with Crippen LogP contribution >= 0.6 is 34.3 Å². The van der Waals surface area contributed by atoms with Crippen molar-refractivity contribution in [2.75, 3.05) is 23.7 Å². The molecule has 0 aliphatic rings. The van der Waals surface area contributed by atoms with Crippen molar-refractivity contribution < 1.29 is 4.79 Å². The van der Waals surface area contributed by atoms with E-state index in [1.807, 2.05) is 16.8 Å². The number of amides is 2. The smallest absolute Gasteiger partial charge is 0.319 e. The average Bonchev–Trinajstić information content (AvgIpc) is 3.38. The van der Waals surface area contributed by atoms with Crippen LogP contribution in [0.4, 0.5) is 16.4 Å². The molecule has 0 aliphatic heterocycles. The number of hydrogen-bond donors (Lipinski definition) is 3. The van der Waals surface area contributed by atoms with E-state index in [0.717, 1.165) is 20.9 Å². The molecule has 0 radical (unpaired) electrons. The first kappa shape index (κ1) is 18.6. The Hall–Kier alpha value is -2.75. The molecule has 4 rings (SSSR count). The van der Waals surface area contributed by atoms with Crippen molar-refractivity contribution in [3.05, 3.63) is 52.3 Å². The summed E-state index contributed by atoms with van der Waals surface area (Å²) in [5.74, 6) is 0.510. The molecule has 3 aromatic heterocycles. The number of benzene rings is 1. The number of urea groups is 1. The van der Waals surface area contributed by atoms with Crippen molar-refractivity contribution in [1.82, 2.24) is 20.3 Å². The van der Waals surface area contributed by atoms with Crippen molar-refractivity contribution in [2.24, 2.45) is 0 Å². The lowest BCUT2D eigenvalue weighted by Crippen LogP contribution is -2.32. The van der Waals surface area contributed by atoms with Crippen molar-refractivity contribution >= 4 is 62.2 Å². The molecule has 2 amide bonds. The average molecular weight is 431 g/mol. The minimum atomic E-state index is -0.290. The van der Waals surface area contributed by atoms with E-state index in [0.29, 0.717) is 29.7 Å². The van der Waals surface area contributed by atoms with Gasteiger partial charge in [0.25, 0.3) is 0 Å². The van der Waals surface area contributed by atoms with Gasteiger partial charge in [-0.3, -0.25) is 0 Å². The van der Waals surface area contributed by atoms with Gasteiger partial charge in [-0.15, -0.1) is 22.7 Å². The first-order valence-corrected chi connectivity index (χ1v) is 10.5. The van der Waals surface area contributed by atoms with Gasteiger partial charge in [-0.25, -0.2) is 19.7 Å². The number of rotatable bonds is 6. The number of aromatic nitrogens is 3. The third-order valence-electron chi connectivity index (χ3n) is 3.73. The van der Waals surface area contributed by atoms with Gasteiger partial charge in [0.2, 0.25) is 5.95 Å². The number of fused-ring (bicyclic) bond motifs is 1. The molecular formula is C18H15ClN6OS2. The number of hydrogen-bond acceptors (Lipinski definition) is 7. The van der Waals surface area contributed by atoms with Crippen LogP contribution in [0.5, 0.6) is 0 Å². The zero-order chi connectivity index (χ0) is 19.3. The SMILES string of the molecule is O=C(NCCNc1nc(-c2nccs2)c2sccc2n1)Nc1ccc(Cl)cc1. The van der Waals surface area contributed by atoms with Gasteiger partial charge >= 0.3 is 6.03 Å². The highest BCUT2D eigenvalue weighted by atomic mass is 35.5. The van der Waals surface area contributed by atoms with Crippen LogP contribution in [0, 0.1) is 0 Å². The van der Waals surface area contributed by atoms with Crippen molar-refractivity contribution in [2.45, 2.75) is 0 Å². The number of carbonyl (C=O) groups excluding carboxylic acids is 1. The van der Waals surface area contributed by atoms with Crippen LogP contribution in [0.2, 0.25) is 5.02 Å². The fourth-order valence-corrected chi connectivity index (χ4v) is 4.13. The molecule has 7 nitrogen and oxygen atoms in total. The van der Waals surface area contributed by atoms with Crippen molar-refractivity contribution in [1.29, 1.82) is 0 Å². The predicted octanol–water partition coefficient (Wildman–Crippen LogP) is 4.70. The Morgan fingerprint density at radius 3 is 2.68 bits per heavy atom. The summed E-state index contributed by atoms with van der Waals surface area (Å²) in [6, 6.07) is 8.59. The second kappa shape index (κ2) is 8.51. The van der Waals surface area contributed by atoms with Gasteiger partial charge in [0.1, 0.15) is 10.7 Å². The molecule has 10 heteroatoms. The molecule has 0 spiro atoms. The molecule has 3 N–H and O–H groups in total. The molecule has 0 saturated heterocycles. The lowest BCUT2D eigenvalue weighted by atomic mass is 10.3. The Morgan fingerprint density at radius 2 is 1.89 bits per heavy atom. The fraction of sp³-hybridized carbons (Fsp3) is 0.111. The predicted molar refractivity (Wildman–Crippen MR) is 115 cm³/mol. The first-order valence-electron chi connectivity index (χ1n) is 8.38. The van der Waals surface area contributed by atoms with Crippen LogP contribution in [0.15, 0.2) is 47.3 Å². The summed E-state index contributed by atoms with van der Waals surface area (Å²) in [5, 5.41) is 14.1. The maximum atomic E-state index is 11.9. The van der Waals surface area contributed by atoms with Gasteiger partial charge in [0.15, 0.2) is 0 Å². The largest absolute Gasteiger partial charge is 0.352 e. The lowest BCUT2D eigenvalue weighted by molar-refractivity contribution is 0.252. The summed E-state index contributed by atoms with van der Waals surface area (Å²) in [6.07, 6.45) is 1.76. The van der Waals surface area contributed by atoms with Crippen molar-refractivity contribution in [3.8, 4) is 10.7 Å². The quantitative estimate of drug-likeness (QED) is 0.385. The van der Waals surface area contributed by atoms with E-state index in [1.54, 1.807) is 53.1 Å². The monoisotopic (exact) mass is 430 g/mol. The zero-order valence-electron chi connectivity index (χ0n) is 14.5. The number of nitrogens with zero attached hydrogens (tertiary/aromatic N) is 3. The first-order chi connectivity index (χ1) is 13.7. The maximum Gasteiger partial charge on any atom is 0.319 e. The van der Waals surface area contributed by atoms with Gasteiger partial charge in [0.05, 0.1) is 10.2 Å². The second-order valence-corrected chi connectivity index (χ2v) is 7.93. The van der Waals surface area contributed by atoms with Crippen molar-refractivity contribution in [3.63, 3.8) is 0 Å². The minimum Gasteiger partial charge on any atom is -0.352 e. The number of thiophene rings is 1. The molecule has 0 saturated carbocycles. The van der Waals surface area contributed by atoms with Gasteiger partial charge in [-0.1, -0.05) is 11.6 Å². The van der Waals surface area contributed by atoms with Crippen LogP contribution in [0.3, 0.4) is 0 Å². The normalized spacial score (nSPS) is 10.8. The molecule has 3 heterocycles. The Balaban J connectivity index is 1.34. The standard InChI is InChI=1S/C18H15ClN6OS2/c19-11-1-3-12(4-2-11)23-18(26)22-7-6-21-17-24-13-5-9-27-15(13)14(25-17)16-20-8-10-28-16/h1-5,8-10H,6-7H2,(H,21,24,25)(H2,22,23,26). The fourth-order valence-electron chi connectivity index (χ4n) is 2.49. The molecule has 1 aromatic carbocycles. The Labute approximate surface area is 173 Å². The van der Waals surface area contributed by atoms with Gasteiger partial charge in [-0.05, 0) is 35.7 Å². The third-order valence-corrected chi connectivity index (χ3v) is 5.68. The Kier molecular flexibility index (Phi) is 5.65. The van der Waals surface area contributed by atoms with E-state index in [9.17, 15) is 4.79 Å². The number of carbonyl (C=O) groups is 1. The number of nitrogens with one attached hydrogen (secondary N) is 3. The molecule has 142 valence electrons. The van der Waals surface area contributed by atoms with Gasteiger partial charge in [-0.2, -0.15) is 0 Å². The van der Waals surface area contributed by atoms with Gasteiger partial charge < -0.3 is 16.0 Å². The molecule has 4 aromatic rings. The number of thiazole rings is 1. The lowest BCUT2D eigenvalue weighted by Gasteiger charge is -2.09. The van der Waals surface area contributed by atoms with E-state index in [1.165, 1.54) is 0 Å². The van der Waals surface area contributed by atoms with E-state index in [-0.39, 0.29) is 6.03 Å². The third kappa shape index (κ3) is 4.38. The molecule has 0 bridgehead atoms. The van der Waals surface area contributed by atoms with Crippen LogP contribution in [-0.4, -0.2) is 34.1 Å². The Bertz CT molecular complexity index is 1080. The highest BCUT2D eigenvalue weighted by Gasteiger charge is 2.13. The minimum absolute atomic E-state index is 0.290. The van der Waals surface area contributed by atoms with E-state index < -0.39 is 0 Å². The van der Waals surface area contributed by atoms with E-state index >= 15 is 0 Å². The van der Waals surface area contributed by atoms with E-state index in [2.05, 4.69) is 30.9 Å². The molecular weight excluding hydrogens is 416 g/mol. The Morgan fingerprint density at radius 1 is 1.04 bits per heavy atom. The maximum absolute atomic E-state index is 11.9. The van der Waals surface area contributed by atoms with Crippen LogP contribution < -0.4 is 16.0 Å². The molecule has 0 aliphatic carbocycles. The van der Waals surface area contributed by atoms with E-state index in [4.69, 9.17) is 11.6 Å². The summed E-state index contributed by atoms with van der Waals surface area (Å²) in [7, 11) is 0. The summed E-state index contributed by atoms with van der Waals surface area (Å²) >= 11 is 8.97. The number of anilines is 2. The van der Waals surface area contributed by atoms with Crippen LogP contribution in [0.25, 0.3) is 20.9 Å². The molecule has 28 heavy (non-hydrogen) atoms. The molecule has 0 fully saturated rings. The zero-order valence-corrected chi connectivity index (χ0v) is 16.9. The molecule has 0 unspecified atom stereocenters. The summed E-state index contributed by atoms with van der Waals surface area (Å²) in [5.41, 5.74) is 2.38. The highest BCUT2D eigenvalue weighted by Crippen LogP contribution is 2.32. The van der Waals surface area contributed by atoms with Crippen LogP contribution in [-0.2, 0) is 0 Å². The summed E-state index contributed by atoms with van der Waals surface area (Å²) < 4.78 is 1.01. The van der Waals surface area contributed by atoms with Gasteiger partial charge in [0, 0.05) is 35.4 Å². The highest BCUT2D eigenvalue weighted by molar-refractivity contribution is 7.18. The number of halogens is 1. The molecule has 0 atom stereocenters. The topological polar surface area (TPSA) is 91.8 Å². The summed E-state index contributed by atoms with van der Waals surface area (Å²) in [6.45, 7) is 0.901. The summed E-state index contributed by atoms with van der Waals surface area (Å²) in [4.78, 5) is 25.4.